The summed E-state index contributed by atoms with van der Waals surface area (Å²) in [5.41, 5.74) is 0.634. The smallest absolute Gasteiger partial charge is 0.289 e. The highest BCUT2D eigenvalue weighted by Crippen LogP contribution is 2.26. The van der Waals surface area contributed by atoms with Crippen LogP contribution in [0.25, 0.3) is 0 Å². The Morgan fingerprint density at radius 1 is 1.00 bits per heavy atom. The van der Waals surface area contributed by atoms with Crippen molar-refractivity contribution in [1.82, 2.24) is 4.90 Å². The predicted octanol–water partition coefficient (Wildman–Crippen LogP) is 4.70. The Balaban J connectivity index is 1.29. The van der Waals surface area contributed by atoms with Crippen molar-refractivity contribution in [2.75, 3.05) is 18.4 Å². The zero-order chi connectivity index (χ0) is 20.9. The lowest BCUT2D eigenvalue weighted by Crippen LogP contribution is -2.41. The maximum absolute atomic E-state index is 13.7. The Morgan fingerprint density at radius 2 is 1.73 bits per heavy atom. The van der Waals surface area contributed by atoms with E-state index in [1.807, 2.05) is 0 Å². The van der Waals surface area contributed by atoms with Crippen LogP contribution in [0.5, 0.6) is 11.5 Å². The summed E-state index contributed by atoms with van der Waals surface area (Å²) in [6.07, 6.45) is 2.65. The van der Waals surface area contributed by atoms with Gasteiger partial charge in [-0.3, -0.25) is 9.59 Å². The van der Waals surface area contributed by atoms with E-state index in [4.69, 9.17) is 9.15 Å². The van der Waals surface area contributed by atoms with E-state index in [1.165, 1.54) is 12.3 Å². The number of para-hydroxylation sites is 1. The molecule has 1 fully saturated rings. The molecule has 0 unspecified atom stereocenters. The van der Waals surface area contributed by atoms with Crippen molar-refractivity contribution in [3.63, 3.8) is 0 Å². The highest BCUT2D eigenvalue weighted by atomic mass is 19.1. The third-order valence-corrected chi connectivity index (χ3v) is 5.07. The highest BCUT2D eigenvalue weighted by Gasteiger charge is 2.28. The number of piperidine rings is 1. The number of nitrogens with one attached hydrogen (secondary N) is 1. The number of halogens is 1. The van der Waals surface area contributed by atoms with Crippen LogP contribution in [0.15, 0.2) is 71.3 Å². The van der Waals surface area contributed by atoms with Gasteiger partial charge in [-0.15, -0.1) is 0 Å². The first-order chi connectivity index (χ1) is 14.6. The molecule has 1 aromatic heterocycles. The van der Waals surface area contributed by atoms with E-state index in [2.05, 4.69) is 5.32 Å². The van der Waals surface area contributed by atoms with Crippen molar-refractivity contribution in [2.24, 2.45) is 5.92 Å². The fourth-order valence-corrected chi connectivity index (χ4v) is 3.41. The predicted molar refractivity (Wildman–Crippen MR) is 109 cm³/mol. The van der Waals surface area contributed by atoms with Crippen LogP contribution >= 0.6 is 0 Å². The number of rotatable bonds is 5. The summed E-state index contributed by atoms with van der Waals surface area (Å²) < 4.78 is 24.3. The fraction of sp³-hybridized carbons (Fsp3) is 0.217. The van der Waals surface area contributed by atoms with Crippen LogP contribution in [0, 0.1) is 11.7 Å². The summed E-state index contributed by atoms with van der Waals surface area (Å²) in [6.45, 7) is 1.01. The lowest BCUT2D eigenvalue weighted by molar-refractivity contribution is -0.121. The number of benzene rings is 2. The number of carbonyl (C=O) groups is 2. The molecule has 4 rings (SSSR count). The first-order valence-corrected chi connectivity index (χ1v) is 9.76. The Hall–Kier alpha value is -3.61. The molecule has 1 N–H and O–H groups in total. The number of nitrogens with zero attached hydrogens (tertiary/aromatic N) is 1. The molecule has 0 saturated carbocycles. The Labute approximate surface area is 173 Å². The Morgan fingerprint density at radius 3 is 2.40 bits per heavy atom. The van der Waals surface area contributed by atoms with Gasteiger partial charge in [-0.05, 0) is 61.4 Å². The third-order valence-electron chi connectivity index (χ3n) is 5.07. The van der Waals surface area contributed by atoms with Gasteiger partial charge in [-0.25, -0.2) is 4.39 Å². The molecule has 1 aliphatic rings. The summed E-state index contributed by atoms with van der Waals surface area (Å²) in [5.74, 6) is 0.0995. The van der Waals surface area contributed by atoms with Gasteiger partial charge in [-0.2, -0.15) is 0 Å². The number of ether oxygens (including phenoxy) is 1. The molecule has 30 heavy (non-hydrogen) atoms. The summed E-state index contributed by atoms with van der Waals surface area (Å²) in [5, 5.41) is 2.90. The average molecular weight is 408 g/mol. The lowest BCUT2D eigenvalue weighted by Gasteiger charge is -2.30. The summed E-state index contributed by atoms with van der Waals surface area (Å²) in [4.78, 5) is 26.6. The topological polar surface area (TPSA) is 71.8 Å². The van der Waals surface area contributed by atoms with Gasteiger partial charge in [0.05, 0.1) is 6.26 Å². The minimum absolute atomic E-state index is 0.0807. The van der Waals surface area contributed by atoms with Crippen molar-refractivity contribution in [3.05, 3.63) is 78.5 Å². The van der Waals surface area contributed by atoms with Gasteiger partial charge in [0, 0.05) is 24.7 Å². The molecule has 7 heteroatoms. The van der Waals surface area contributed by atoms with Crippen LogP contribution in [-0.4, -0.2) is 29.8 Å². The van der Waals surface area contributed by atoms with Crippen LogP contribution in [0.2, 0.25) is 0 Å². The summed E-state index contributed by atoms with van der Waals surface area (Å²) >= 11 is 0. The number of amides is 2. The number of likely N-dealkylation sites (tertiary alicyclic amines) is 1. The van der Waals surface area contributed by atoms with E-state index in [-0.39, 0.29) is 23.5 Å². The van der Waals surface area contributed by atoms with Gasteiger partial charge in [-0.1, -0.05) is 12.1 Å². The second kappa shape index (κ2) is 8.82. The zero-order valence-electron chi connectivity index (χ0n) is 16.2. The molecular weight excluding hydrogens is 387 g/mol. The van der Waals surface area contributed by atoms with Gasteiger partial charge >= 0.3 is 0 Å². The standard InChI is InChI=1S/C23H21FN2O4/c24-19-4-1-2-5-20(19)30-18-9-7-17(8-10-18)25-22(27)16-11-13-26(14-12-16)23(28)21-6-3-15-29-21/h1-10,15-16H,11-14H2,(H,25,27). The highest BCUT2D eigenvalue weighted by molar-refractivity contribution is 5.94. The number of furan rings is 1. The largest absolute Gasteiger partial charge is 0.459 e. The van der Waals surface area contributed by atoms with E-state index < -0.39 is 5.82 Å². The maximum Gasteiger partial charge on any atom is 0.289 e. The lowest BCUT2D eigenvalue weighted by atomic mass is 9.95. The van der Waals surface area contributed by atoms with Crippen LogP contribution in [0.4, 0.5) is 10.1 Å². The minimum atomic E-state index is -0.438. The molecule has 2 heterocycles. The van der Waals surface area contributed by atoms with Crippen molar-refractivity contribution in [3.8, 4) is 11.5 Å². The zero-order valence-corrected chi connectivity index (χ0v) is 16.2. The summed E-state index contributed by atoms with van der Waals surface area (Å²) in [7, 11) is 0. The molecule has 6 nitrogen and oxygen atoms in total. The van der Waals surface area contributed by atoms with Crippen LogP contribution in [0.1, 0.15) is 23.4 Å². The van der Waals surface area contributed by atoms with Gasteiger partial charge in [0.1, 0.15) is 5.75 Å². The molecule has 1 saturated heterocycles. The molecule has 1 aliphatic heterocycles. The van der Waals surface area contributed by atoms with E-state index in [1.54, 1.807) is 59.5 Å². The third kappa shape index (κ3) is 4.51. The van der Waals surface area contributed by atoms with Crippen molar-refractivity contribution in [2.45, 2.75) is 12.8 Å². The molecule has 2 aromatic carbocycles. The molecule has 3 aromatic rings. The minimum Gasteiger partial charge on any atom is -0.459 e. The van der Waals surface area contributed by atoms with E-state index in [0.29, 0.717) is 43.1 Å². The average Bonchev–Trinajstić information content (AvgIpc) is 3.31. The van der Waals surface area contributed by atoms with Crippen molar-refractivity contribution >= 4 is 17.5 Å². The van der Waals surface area contributed by atoms with Crippen molar-refractivity contribution in [1.29, 1.82) is 0 Å². The number of hydrogen-bond acceptors (Lipinski definition) is 4. The molecule has 0 atom stereocenters. The van der Waals surface area contributed by atoms with Crippen LogP contribution < -0.4 is 10.1 Å². The molecule has 2 amide bonds. The van der Waals surface area contributed by atoms with Gasteiger partial charge in [0.15, 0.2) is 17.3 Å². The molecule has 154 valence electrons. The first-order valence-electron chi connectivity index (χ1n) is 9.76. The van der Waals surface area contributed by atoms with E-state index in [0.717, 1.165) is 0 Å². The molecule has 0 spiro atoms. The van der Waals surface area contributed by atoms with Crippen molar-refractivity contribution < 1.29 is 23.1 Å². The monoisotopic (exact) mass is 408 g/mol. The van der Waals surface area contributed by atoms with Crippen LogP contribution in [-0.2, 0) is 4.79 Å². The Kier molecular flexibility index (Phi) is 5.79. The fourth-order valence-electron chi connectivity index (χ4n) is 3.41. The van der Waals surface area contributed by atoms with Gasteiger partial charge in [0.25, 0.3) is 5.91 Å². The van der Waals surface area contributed by atoms with Crippen LogP contribution in [0.3, 0.4) is 0 Å². The number of carbonyl (C=O) groups excluding carboxylic acids is 2. The second-order valence-electron chi connectivity index (χ2n) is 7.09. The molecule has 0 bridgehead atoms. The van der Waals surface area contributed by atoms with Gasteiger partial charge in [0.2, 0.25) is 5.91 Å². The maximum atomic E-state index is 13.7. The first kappa shape index (κ1) is 19.7. The second-order valence-corrected chi connectivity index (χ2v) is 7.09. The number of hydrogen-bond donors (Lipinski definition) is 1. The van der Waals surface area contributed by atoms with Gasteiger partial charge < -0.3 is 19.4 Å². The molecule has 0 aliphatic carbocycles. The Bertz CT molecular complexity index is 1010. The number of anilines is 1. The quantitative estimate of drug-likeness (QED) is 0.664. The molecule has 0 radical (unpaired) electrons. The summed E-state index contributed by atoms with van der Waals surface area (Å²) in [6, 6.07) is 16.3. The van der Waals surface area contributed by atoms with E-state index in [9.17, 15) is 14.0 Å². The normalized spacial score (nSPS) is 14.4. The SMILES string of the molecule is O=C(Nc1ccc(Oc2ccccc2F)cc1)C1CCN(C(=O)c2ccco2)CC1. The molecular formula is C23H21FN2O4. The van der Waals surface area contributed by atoms with E-state index >= 15 is 0 Å².